The summed E-state index contributed by atoms with van der Waals surface area (Å²) in [6.07, 6.45) is 1.86. The molecule has 2 aromatic heterocycles. The van der Waals surface area contributed by atoms with Crippen LogP contribution in [0.5, 0.6) is 0 Å². The number of ether oxygens (including phenoxy) is 1. The number of carbonyl (C=O) groups is 1. The summed E-state index contributed by atoms with van der Waals surface area (Å²) < 4.78 is 5.42. The molecule has 3 rings (SSSR count). The summed E-state index contributed by atoms with van der Waals surface area (Å²) in [5.41, 5.74) is 0.804. The molecule has 1 fully saturated rings. The van der Waals surface area contributed by atoms with Gasteiger partial charge in [-0.2, -0.15) is 11.3 Å². The van der Waals surface area contributed by atoms with Crippen LogP contribution in [0.4, 0.5) is 0 Å². The second kappa shape index (κ2) is 6.52. The van der Waals surface area contributed by atoms with E-state index in [0.29, 0.717) is 12.6 Å². The zero-order valence-corrected chi connectivity index (χ0v) is 12.8. The van der Waals surface area contributed by atoms with Crippen LogP contribution >= 0.6 is 22.7 Å². The molecule has 1 saturated heterocycles. The van der Waals surface area contributed by atoms with Crippen molar-refractivity contribution in [3.05, 3.63) is 44.8 Å². The minimum Gasteiger partial charge on any atom is -0.381 e. The molecule has 0 N–H and O–H groups in total. The highest BCUT2D eigenvalue weighted by Gasteiger charge is 2.27. The first-order chi connectivity index (χ1) is 9.84. The van der Waals surface area contributed by atoms with Crippen molar-refractivity contribution in [1.29, 1.82) is 0 Å². The highest BCUT2D eigenvalue weighted by atomic mass is 32.1. The van der Waals surface area contributed by atoms with Gasteiger partial charge in [0.1, 0.15) is 0 Å². The van der Waals surface area contributed by atoms with Crippen molar-refractivity contribution in [2.75, 3.05) is 13.2 Å². The van der Waals surface area contributed by atoms with E-state index >= 15 is 0 Å². The average Bonchev–Trinajstić information content (AvgIpc) is 3.18. The molecule has 106 valence electrons. The molecule has 20 heavy (non-hydrogen) atoms. The van der Waals surface area contributed by atoms with E-state index in [2.05, 4.69) is 11.4 Å². The first kappa shape index (κ1) is 13.8. The molecule has 3 nitrogen and oxygen atoms in total. The maximum Gasteiger partial charge on any atom is 0.255 e. The first-order valence-electron chi connectivity index (χ1n) is 6.78. The normalized spacial score (nSPS) is 16.2. The topological polar surface area (TPSA) is 29.5 Å². The van der Waals surface area contributed by atoms with E-state index in [9.17, 15) is 4.79 Å². The van der Waals surface area contributed by atoms with Gasteiger partial charge in [-0.1, -0.05) is 6.07 Å². The van der Waals surface area contributed by atoms with Crippen LogP contribution in [0.15, 0.2) is 34.3 Å². The molecule has 0 bridgehead atoms. The molecule has 0 atom stereocenters. The Labute approximate surface area is 126 Å². The molecule has 5 heteroatoms. The van der Waals surface area contributed by atoms with Crippen molar-refractivity contribution in [2.24, 2.45) is 0 Å². The summed E-state index contributed by atoms with van der Waals surface area (Å²) in [5.74, 6) is 0.145. The Hall–Kier alpha value is -1.17. The summed E-state index contributed by atoms with van der Waals surface area (Å²) in [5, 5.41) is 5.95. The molecule has 1 aliphatic rings. The number of carbonyl (C=O) groups excluding carboxylic acids is 1. The van der Waals surface area contributed by atoms with E-state index in [4.69, 9.17) is 4.74 Å². The number of thiophene rings is 2. The van der Waals surface area contributed by atoms with Crippen molar-refractivity contribution >= 4 is 28.6 Å². The Kier molecular flexibility index (Phi) is 4.50. The second-order valence-electron chi connectivity index (χ2n) is 4.87. The molecule has 0 radical (unpaired) electrons. The Morgan fingerprint density at radius 2 is 2.15 bits per heavy atom. The maximum atomic E-state index is 12.7. The minimum atomic E-state index is 0.145. The fourth-order valence-corrected chi connectivity index (χ4v) is 3.82. The lowest BCUT2D eigenvalue weighted by molar-refractivity contribution is 0.0270. The predicted octanol–water partition coefficient (Wildman–Crippen LogP) is 3.63. The molecule has 0 unspecified atom stereocenters. The van der Waals surface area contributed by atoms with Crippen LogP contribution < -0.4 is 0 Å². The van der Waals surface area contributed by atoms with Crippen LogP contribution in [0.25, 0.3) is 0 Å². The third-order valence-corrected chi connectivity index (χ3v) is 5.11. The summed E-state index contributed by atoms with van der Waals surface area (Å²) in [6.45, 7) is 2.21. The SMILES string of the molecule is O=C(c1ccsc1)N(Cc1cccs1)C1CCOCC1. The Morgan fingerprint density at radius 3 is 2.80 bits per heavy atom. The van der Waals surface area contributed by atoms with Gasteiger partial charge in [0.15, 0.2) is 0 Å². The smallest absolute Gasteiger partial charge is 0.255 e. The monoisotopic (exact) mass is 307 g/mol. The van der Waals surface area contributed by atoms with E-state index in [1.54, 1.807) is 22.7 Å². The molecule has 1 aliphatic heterocycles. The second-order valence-corrected chi connectivity index (χ2v) is 6.68. The van der Waals surface area contributed by atoms with Gasteiger partial charge >= 0.3 is 0 Å². The number of hydrogen-bond donors (Lipinski definition) is 0. The van der Waals surface area contributed by atoms with Crippen molar-refractivity contribution in [1.82, 2.24) is 4.90 Å². The number of amides is 1. The largest absolute Gasteiger partial charge is 0.381 e. The van der Waals surface area contributed by atoms with E-state index in [1.165, 1.54) is 4.88 Å². The fourth-order valence-electron chi connectivity index (χ4n) is 2.49. The van der Waals surface area contributed by atoms with Crippen LogP contribution in [0.3, 0.4) is 0 Å². The Bertz CT molecular complexity index is 530. The predicted molar refractivity (Wildman–Crippen MR) is 82.4 cm³/mol. The van der Waals surface area contributed by atoms with E-state index in [-0.39, 0.29) is 5.91 Å². The van der Waals surface area contributed by atoms with Crippen molar-refractivity contribution < 1.29 is 9.53 Å². The summed E-state index contributed by atoms with van der Waals surface area (Å²) in [7, 11) is 0. The van der Waals surface area contributed by atoms with Gasteiger partial charge in [-0.3, -0.25) is 4.79 Å². The fraction of sp³-hybridized carbons (Fsp3) is 0.400. The molecule has 0 aromatic carbocycles. The Balaban J connectivity index is 1.80. The zero-order chi connectivity index (χ0) is 13.8. The number of nitrogens with zero attached hydrogens (tertiary/aromatic N) is 1. The lowest BCUT2D eigenvalue weighted by Gasteiger charge is -2.34. The molecular weight excluding hydrogens is 290 g/mol. The molecule has 2 aromatic rings. The third kappa shape index (κ3) is 3.11. The molecule has 0 saturated carbocycles. The van der Waals surface area contributed by atoms with Crippen molar-refractivity contribution in [2.45, 2.75) is 25.4 Å². The Morgan fingerprint density at radius 1 is 1.30 bits per heavy atom. The van der Waals surface area contributed by atoms with Crippen LogP contribution in [0, 0.1) is 0 Å². The molecule has 3 heterocycles. The van der Waals surface area contributed by atoms with Gasteiger partial charge in [-0.15, -0.1) is 11.3 Å². The van der Waals surface area contributed by atoms with Crippen LogP contribution in [-0.4, -0.2) is 30.1 Å². The van der Waals surface area contributed by atoms with Crippen LogP contribution in [-0.2, 0) is 11.3 Å². The van der Waals surface area contributed by atoms with Crippen molar-refractivity contribution in [3.63, 3.8) is 0 Å². The van der Waals surface area contributed by atoms with E-state index in [0.717, 1.165) is 31.6 Å². The number of hydrogen-bond acceptors (Lipinski definition) is 4. The summed E-state index contributed by atoms with van der Waals surface area (Å²) in [6, 6.07) is 6.33. The number of rotatable bonds is 4. The summed E-state index contributed by atoms with van der Waals surface area (Å²) >= 11 is 3.28. The molecule has 1 amide bonds. The van der Waals surface area contributed by atoms with Crippen LogP contribution in [0.2, 0.25) is 0 Å². The highest BCUT2D eigenvalue weighted by molar-refractivity contribution is 7.09. The van der Waals surface area contributed by atoms with E-state index < -0.39 is 0 Å². The maximum absolute atomic E-state index is 12.7. The van der Waals surface area contributed by atoms with E-state index in [1.807, 2.05) is 27.8 Å². The lowest BCUT2D eigenvalue weighted by Crippen LogP contribution is -2.42. The van der Waals surface area contributed by atoms with Gasteiger partial charge in [-0.25, -0.2) is 0 Å². The standard InChI is InChI=1S/C15H17NO2S2/c17-15(12-5-9-19-11-12)16(10-14-2-1-8-20-14)13-3-6-18-7-4-13/h1-2,5,8-9,11,13H,3-4,6-7,10H2. The third-order valence-electron chi connectivity index (χ3n) is 3.57. The highest BCUT2D eigenvalue weighted by Crippen LogP contribution is 2.22. The van der Waals surface area contributed by atoms with Crippen molar-refractivity contribution in [3.8, 4) is 0 Å². The van der Waals surface area contributed by atoms with Gasteiger partial charge in [0.05, 0.1) is 12.1 Å². The molecule has 0 spiro atoms. The molecular formula is C15H17NO2S2. The summed E-state index contributed by atoms with van der Waals surface area (Å²) in [4.78, 5) is 16.0. The van der Waals surface area contributed by atoms with Gasteiger partial charge < -0.3 is 9.64 Å². The molecule has 0 aliphatic carbocycles. The van der Waals surface area contributed by atoms with Gasteiger partial charge in [0.2, 0.25) is 0 Å². The van der Waals surface area contributed by atoms with Gasteiger partial charge in [0.25, 0.3) is 5.91 Å². The quantitative estimate of drug-likeness (QED) is 0.863. The average molecular weight is 307 g/mol. The lowest BCUT2D eigenvalue weighted by atomic mass is 10.1. The minimum absolute atomic E-state index is 0.145. The zero-order valence-electron chi connectivity index (χ0n) is 11.2. The van der Waals surface area contributed by atoms with Gasteiger partial charge in [0, 0.05) is 29.5 Å². The van der Waals surface area contributed by atoms with Crippen LogP contribution in [0.1, 0.15) is 28.1 Å². The van der Waals surface area contributed by atoms with Gasteiger partial charge in [-0.05, 0) is 35.7 Å². The first-order valence-corrected chi connectivity index (χ1v) is 8.60.